The van der Waals surface area contributed by atoms with Crippen LogP contribution in [0, 0.1) is 0 Å². The Kier molecular flexibility index (Phi) is 4.48. The Balaban J connectivity index is 1.73. The zero-order valence-electron chi connectivity index (χ0n) is 13.0. The van der Waals surface area contributed by atoms with Gasteiger partial charge in [0.1, 0.15) is 6.54 Å². The minimum absolute atomic E-state index is 0.0377. The van der Waals surface area contributed by atoms with Gasteiger partial charge in [0.15, 0.2) is 5.78 Å². The van der Waals surface area contributed by atoms with Gasteiger partial charge >= 0.3 is 0 Å². The van der Waals surface area contributed by atoms with Crippen LogP contribution < -0.4 is 5.73 Å². The molecule has 0 saturated heterocycles. The number of thiophene rings is 1. The second-order valence-corrected chi connectivity index (χ2v) is 6.30. The summed E-state index contributed by atoms with van der Waals surface area (Å²) in [4.78, 5) is 26.4. The molecule has 3 aromatic rings. The molecule has 0 unspecified atom stereocenters. The molecule has 0 aliphatic carbocycles. The average molecular weight is 341 g/mol. The maximum atomic E-state index is 12.2. The highest BCUT2D eigenvalue weighted by molar-refractivity contribution is 7.14. The maximum absolute atomic E-state index is 12.2. The molecular weight excluding hydrogens is 326 g/mol. The van der Waals surface area contributed by atoms with Crippen molar-refractivity contribution in [1.29, 1.82) is 0 Å². The molecule has 3 rings (SSSR count). The van der Waals surface area contributed by atoms with Crippen molar-refractivity contribution in [3.8, 4) is 11.4 Å². The van der Waals surface area contributed by atoms with Crippen LogP contribution in [0.25, 0.3) is 11.4 Å². The maximum Gasteiger partial charge on any atom is 0.248 e. The summed E-state index contributed by atoms with van der Waals surface area (Å²) in [6.45, 7) is 2.09. The molecule has 0 bridgehead atoms. The third-order valence-corrected chi connectivity index (χ3v) is 4.72. The van der Waals surface area contributed by atoms with Crippen LogP contribution in [0.4, 0.5) is 0 Å². The fourth-order valence-corrected chi connectivity index (χ4v) is 3.01. The monoisotopic (exact) mass is 341 g/mol. The molecule has 8 heteroatoms. The lowest BCUT2D eigenvalue weighted by Gasteiger charge is -1.97. The minimum atomic E-state index is -0.494. The van der Waals surface area contributed by atoms with Gasteiger partial charge in [0.25, 0.3) is 0 Å². The molecule has 0 aliphatic heterocycles. The fraction of sp³-hybridized carbons (Fsp3) is 0.188. The summed E-state index contributed by atoms with van der Waals surface area (Å²) >= 11 is 1.49. The zero-order chi connectivity index (χ0) is 17.1. The molecule has 1 aromatic carbocycles. The van der Waals surface area contributed by atoms with Gasteiger partial charge in [0, 0.05) is 16.0 Å². The number of hydrogen-bond donors (Lipinski definition) is 1. The number of rotatable bonds is 6. The van der Waals surface area contributed by atoms with Gasteiger partial charge in [-0.2, -0.15) is 4.80 Å². The number of hydrogen-bond acceptors (Lipinski definition) is 6. The Labute approximate surface area is 142 Å². The molecule has 0 radical (unpaired) electrons. The molecule has 2 heterocycles. The van der Waals surface area contributed by atoms with Crippen molar-refractivity contribution in [1.82, 2.24) is 20.2 Å². The number of carbonyl (C=O) groups excluding carboxylic acids is 2. The molecule has 0 spiro atoms. The SMILES string of the molecule is CCc1ccc(C(=O)Cn2nnc(-c3ccc(C(N)=O)cc3)n2)s1. The molecule has 0 aliphatic rings. The third-order valence-electron chi connectivity index (χ3n) is 3.45. The molecule has 2 aromatic heterocycles. The quantitative estimate of drug-likeness (QED) is 0.690. The highest BCUT2D eigenvalue weighted by atomic mass is 32.1. The lowest BCUT2D eigenvalue weighted by molar-refractivity contribution is 0.0963. The van der Waals surface area contributed by atoms with Gasteiger partial charge in [-0.25, -0.2) is 0 Å². The molecule has 1 amide bonds. The molecule has 24 heavy (non-hydrogen) atoms. The fourth-order valence-electron chi connectivity index (χ4n) is 2.13. The first-order valence-corrected chi connectivity index (χ1v) is 8.18. The van der Waals surface area contributed by atoms with Crippen LogP contribution in [0.3, 0.4) is 0 Å². The number of benzene rings is 1. The van der Waals surface area contributed by atoms with E-state index in [0.717, 1.165) is 6.42 Å². The lowest BCUT2D eigenvalue weighted by Crippen LogP contribution is -2.12. The summed E-state index contributed by atoms with van der Waals surface area (Å²) in [7, 11) is 0. The van der Waals surface area contributed by atoms with Crippen molar-refractivity contribution >= 4 is 23.0 Å². The number of carbonyl (C=O) groups is 2. The van der Waals surface area contributed by atoms with Gasteiger partial charge < -0.3 is 5.73 Å². The van der Waals surface area contributed by atoms with Crippen molar-refractivity contribution in [2.24, 2.45) is 5.73 Å². The number of aryl methyl sites for hydroxylation is 1. The van der Waals surface area contributed by atoms with Gasteiger partial charge in [-0.15, -0.1) is 21.5 Å². The van der Waals surface area contributed by atoms with Crippen LogP contribution in [-0.2, 0) is 13.0 Å². The Hall–Kier alpha value is -2.87. The zero-order valence-corrected chi connectivity index (χ0v) is 13.8. The molecule has 7 nitrogen and oxygen atoms in total. The van der Waals surface area contributed by atoms with Crippen LogP contribution in [-0.4, -0.2) is 31.9 Å². The van der Waals surface area contributed by atoms with Gasteiger partial charge in [-0.1, -0.05) is 19.1 Å². The Bertz CT molecular complexity index is 882. The number of aromatic nitrogens is 4. The summed E-state index contributed by atoms with van der Waals surface area (Å²) in [5.41, 5.74) is 6.31. The Morgan fingerprint density at radius 1 is 1.17 bits per heavy atom. The summed E-state index contributed by atoms with van der Waals surface area (Å²) in [6.07, 6.45) is 0.908. The van der Waals surface area contributed by atoms with Crippen molar-refractivity contribution < 1.29 is 9.59 Å². The highest BCUT2D eigenvalue weighted by Gasteiger charge is 2.13. The van der Waals surface area contributed by atoms with Crippen LogP contribution >= 0.6 is 11.3 Å². The summed E-state index contributed by atoms with van der Waals surface area (Å²) in [6, 6.07) is 10.4. The van der Waals surface area contributed by atoms with E-state index < -0.39 is 5.91 Å². The van der Waals surface area contributed by atoms with E-state index >= 15 is 0 Å². The van der Waals surface area contributed by atoms with Crippen LogP contribution in [0.5, 0.6) is 0 Å². The lowest BCUT2D eigenvalue weighted by atomic mass is 10.1. The van der Waals surface area contributed by atoms with E-state index in [9.17, 15) is 9.59 Å². The normalized spacial score (nSPS) is 10.7. The number of primary amides is 1. The second-order valence-electron chi connectivity index (χ2n) is 5.13. The minimum Gasteiger partial charge on any atom is -0.366 e. The summed E-state index contributed by atoms with van der Waals surface area (Å²) in [5, 5.41) is 12.1. The molecule has 122 valence electrons. The first-order chi connectivity index (χ1) is 11.6. The van der Waals surface area contributed by atoms with E-state index in [2.05, 4.69) is 22.3 Å². The van der Waals surface area contributed by atoms with E-state index in [4.69, 9.17) is 5.73 Å². The van der Waals surface area contributed by atoms with E-state index in [1.54, 1.807) is 24.3 Å². The standard InChI is InChI=1S/C16H15N5O2S/c1-2-12-7-8-14(24-12)13(22)9-21-19-16(18-20-21)11-5-3-10(4-6-11)15(17)23/h3-8H,2,9H2,1H3,(H2,17,23). The number of Topliss-reactive ketones (excluding diaryl/α,β-unsaturated/α-hetero) is 1. The molecule has 0 fully saturated rings. The first kappa shape index (κ1) is 16.0. The highest BCUT2D eigenvalue weighted by Crippen LogP contribution is 2.18. The Morgan fingerprint density at radius 3 is 2.54 bits per heavy atom. The van der Waals surface area contributed by atoms with Gasteiger partial charge in [0.05, 0.1) is 4.88 Å². The van der Waals surface area contributed by atoms with Crippen molar-refractivity contribution in [3.05, 3.63) is 51.7 Å². The number of ketones is 1. The van der Waals surface area contributed by atoms with E-state index in [-0.39, 0.29) is 12.3 Å². The van der Waals surface area contributed by atoms with Gasteiger partial charge in [0.2, 0.25) is 11.7 Å². The van der Waals surface area contributed by atoms with Gasteiger partial charge in [-0.3, -0.25) is 9.59 Å². The Morgan fingerprint density at radius 2 is 1.92 bits per heavy atom. The smallest absolute Gasteiger partial charge is 0.248 e. The van der Waals surface area contributed by atoms with E-state index in [0.29, 0.717) is 21.8 Å². The number of nitrogens with two attached hydrogens (primary N) is 1. The van der Waals surface area contributed by atoms with Crippen molar-refractivity contribution in [3.63, 3.8) is 0 Å². The summed E-state index contributed by atoms with van der Waals surface area (Å²) < 4.78 is 0. The first-order valence-electron chi connectivity index (χ1n) is 7.36. The average Bonchev–Trinajstić information content (AvgIpc) is 3.24. The molecule has 2 N–H and O–H groups in total. The second kappa shape index (κ2) is 6.71. The predicted molar refractivity (Wildman–Crippen MR) is 89.8 cm³/mol. The molecular formula is C16H15N5O2S. The van der Waals surface area contributed by atoms with Crippen LogP contribution in [0.15, 0.2) is 36.4 Å². The van der Waals surface area contributed by atoms with E-state index in [1.165, 1.54) is 21.0 Å². The topological polar surface area (TPSA) is 104 Å². The van der Waals surface area contributed by atoms with E-state index in [1.807, 2.05) is 12.1 Å². The third kappa shape index (κ3) is 3.38. The van der Waals surface area contributed by atoms with Crippen molar-refractivity contribution in [2.75, 3.05) is 0 Å². The van der Waals surface area contributed by atoms with Crippen molar-refractivity contribution in [2.45, 2.75) is 19.9 Å². The molecule has 0 atom stereocenters. The summed E-state index contributed by atoms with van der Waals surface area (Å²) in [5.74, 6) is -0.155. The van der Waals surface area contributed by atoms with Crippen LogP contribution in [0.1, 0.15) is 31.8 Å². The predicted octanol–water partition coefficient (Wildman–Crippen LogP) is 1.95. The number of nitrogens with zero attached hydrogens (tertiary/aromatic N) is 4. The number of tetrazole rings is 1. The van der Waals surface area contributed by atoms with Gasteiger partial charge in [-0.05, 0) is 35.9 Å². The molecule has 0 saturated carbocycles. The van der Waals surface area contributed by atoms with Crippen LogP contribution in [0.2, 0.25) is 0 Å². The number of amides is 1. The largest absolute Gasteiger partial charge is 0.366 e.